The van der Waals surface area contributed by atoms with Crippen molar-refractivity contribution in [1.29, 1.82) is 0 Å². The van der Waals surface area contributed by atoms with Gasteiger partial charge >= 0.3 is 0 Å². The molecular formula is C10H20N+. The summed E-state index contributed by atoms with van der Waals surface area (Å²) >= 11 is 0. The predicted molar refractivity (Wildman–Crippen MR) is 45.9 cm³/mol. The lowest BCUT2D eigenvalue weighted by Gasteiger charge is -2.59. The van der Waals surface area contributed by atoms with E-state index in [4.69, 9.17) is 0 Å². The van der Waals surface area contributed by atoms with Gasteiger partial charge < -0.3 is 5.73 Å². The van der Waals surface area contributed by atoms with Crippen molar-refractivity contribution >= 4 is 0 Å². The van der Waals surface area contributed by atoms with Crippen LogP contribution in [-0.2, 0) is 0 Å². The Labute approximate surface area is 69.4 Å². The minimum atomic E-state index is 0.667. The van der Waals surface area contributed by atoms with Crippen molar-refractivity contribution in [3.8, 4) is 0 Å². The molecule has 1 nitrogen and oxygen atoms in total. The first kappa shape index (κ1) is 7.60. The summed E-state index contributed by atoms with van der Waals surface area (Å²) in [6.07, 6.45) is 4.44. The average Bonchev–Trinajstić information content (AvgIpc) is 2.04. The van der Waals surface area contributed by atoms with Crippen molar-refractivity contribution in [2.24, 2.45) is 23.2 Å². The van der Waals surface area contributed by atoms with Crippen LogP contribution < -0.4 is 5.73 Å². The van der Waals surface area contributed by atoms with E-state index in [0.717, 1.165) is 17.8 Å². The molecule has 0 aliphatic heterocycles. The maximum Gasteiger partial charge on any atom is 0.0771 e. The van der Waals surface area contributed by atoms with E-state index in [2.05, 4.69) is 19.6 Å². The van der Waals surface area contributed by atoms with Crippen molar-refractivity contribution in [3.63, 3.8) is 0 Å². The van der Waals surface area contributed by atoms with Gasteiger partial charge in [-0.2, -0.15) is 0 Å². The molecule has 3 rings (SSSR count). The number of rotatable bonds is 1. The third-order valence-electron chi connectivity index (χ3n) is 4.37. The summed E-state index contributed by atoms with van der Waals surface area (Å²) in [6, 6.07) is 0. The Kier molecular flexibility index (Phi) is 1.54. The average molecular weight is 154 g/mol. The topological polar surface area (TPSA) is 27.6 Å². The van der Waals surface area contributed by atoms with E-state index < -0.39 is 0 Å². The highest BCUT2D eigenvalue weighted by Crippen LogP contribution is 2.60. The summed E-state index contributed by atoms with van der Waals surface area (Å²) in [5.41, 5.74) is 4.72. The van der Waals surface area contributed by atoms with Gasteiger partial charge in [0.1, 0.15) is 0 Å². The van der Waals surface area contributed by atoms with Crippen LogP contribution in [-0.4, -0.2) is 6.54 Å². The summed E-state index contributed by atoms with van der Waals surface area (Å²) < 4.78 is 0. The smallest absolute Gasteiger partial charge is 0.0771 e. The van der Waals surface area contributed by atoms with Crippen LogP contribution in [0.4, 0.5) is 0 Å². The fourth-order valence-electron chi connectivity index (χ4n) is 3.31. The Morgan fingerprint density at radius 1 is 1.36 bits per heavy atom. The maximum absolute atomic E-state index is 4.05. The summed E-state index contributed by atoms with van der Waals surface area (Å²) in [6.45, 7) is 6.07. The molecule has 3 aliphatic rings. The van der Waals surface area contributed by atoms with Crippen molar-refractivity contribution in [1.82, 2.24) is 0 Å². The van der Waals surface area contributed by atoms with E-state index in [1.165, 1.54) is 25.8 Å². The zero-order valence-electron chi connectivity index (χ0n) is 7.77. The molecule has 2 bridgehead atoms. The van der Waals surface area contributed by atoms with Crippen molar-refractivity contribution in [2.45, 2.75) is 33.1 Å². The second-order valence-electron chi connectivity index (χ2n) is 4.99. The molecule has 0 heterocycles. The lowest BCUT2D eigenvalue weighted by atomic mass is 9.45. The predicted octanol–water partition coefficient (Wildman–Crippen LogP) is 1.30. The Balaban J connectivity index is 2.10. The third-order valence-corrected chi connectivity index (χ3v) is 4.37. The van der Waals surface area contributed by atoms with Crippen molar-refractivity contribution in [2.75, 3.05) is 6.54 Å². The molecule has 0 radical (unpaired) electrons. The highest BCUT2D eigenvalue weighted by Gasteiger charge is 2.54. The number of quaternary nitrogens is 1. The van der Waals surface area contributed by atoms with Crippen molar-refractivity contribution < 1.29 is 5.73 Å². The SMILES string of the molecule is CC1(C)[C@@H]2CC[C@@H](C[NH3+])[C@H]1C2. The molecule has 3 aliphatic carbocycles. The summed E-state index contributed by atoms with van der Waals surface area (Å²) in [5, 5.41) is 0. The van der Waals surface area contributed by atoms with E-state index in [9.17, 15) is 0 Å². The van der Waals surface area contributed by atoms with Crippen LogP contribution in [0.5, 0.6) is 0 Å². The minimum Gasteiger partial charge on any atom is -0.357 e. The van der Waals surface area contributed by atoms with Gasteiger partial charge in [-0.3, -0.25) is 0 Å². The molecule has 0 saturated heterocycles. The number of hydrogen-bond acceptors (Lipinski definition) is 0. The first-order valence-electron chi connectivity index (χ1n) is 4.95. The standard InChI is InChI=1S/C10H19N/c1-10(2)8-4-3-7(6-11)9(10)5-8/h7-9H,3-6,11H2,1-2H3/p+1/t7-,8+,9+/m0/s1. The van der Waals surface area contributed by atoms with E-state index in [0.29, 0.717) is 5.41 Å². The van der Waals surface area contributed by atoms with Gasteiger partial charge in [0.05, 0.1) is 6.54 Å². The Morgan fingerprint density at radius 3 is 2.45 bits per heavy atom. The van der Waals surface area contributed by atoms with Gasteiger partial charge in [-0.05, 0) is 36.5 Å². The molecule has 3 fully saturated rings. The second-order valence-corrected chi connectivity index (χ2v) is 4.99. The zero-order chi connectivity index (χ0) is 8.06. The fraction of sp³-hybridized carbons (Fsp3) is 1.00. The Morgan fingerprint density at radius 2 is 2.09 bits per heavy atom. The molecule has 0 aromatic carbocycles. The van der Waals surface area contributed by atoms with E-state index in [1.807, 2.05) is 0 Å². The van der Waals surface area contributed by atoms with E-state index >= 15 is 0 Å². The molecule has 0 spiro atoms. The van der Waals surface area contributed by atoms with Crippen LogP contribution in [0.15, 0.2) is 0 Å². The second kappa shape index (κ2) is 2.22. The van der Waals surface area contributed by atoms with Crippen molar-refractivity contribution in [3.05, 3.63) is 0 Å². The Hall–Kier alpha value is -0.0400. The molecule has 3 N–H and O–H groups in total. The number of hydrogen-bond donors (Lipinski definition) is 1. The lowest BCUT2D eigenvalue weighted by molar-refractivity contribution is -0.391. The van der Waals surface area contributed by atoms with Gasteiger partial charge in [0.25, 0.3) is 0 Å². The third kappa shape index (κ3) is 0.868. The van der Waals surface area contributed by atoms with Crippen LogP contribution in [0.25, 0.3) is 0 Å². The molecule has 11 heavy (non-hydrogen) atoms. The first-order valence-corrected chi connectivity index (χ1v) is 4.95. The molecule has 3 saturated carbocycles. The zero-order valence-corrected chi connectivity index (χ0v) is 7.77. The van der Waals surface area contributed by atoms with Gasteiger partial charge in [0.2, 0.25) is 0 Å². The molecule has 0 unspecified atom stereocenters. The minimum absolute atomic E-state index is 0.667. The van der Waals surface area contributed by atoms with Crippen LogP contribution in [0.2, 0.25) is 0 Å². The quantitative estimate of drug-likeness (QED) is 0.589. The highest BCUT2D eigenvalue weighted by molar-refractivity contribution is 5.02. The summed E-state index contributed by atoms with van der Waals surface area (Å²) in [7, 11) is 0. The van der Waals surface area contributed by atoms with Crippen LogP contribution in [0, 0.1) is 23.2 Å². The molecule has 0 aromatic heterocycles. The van der Waals surface area contributed by atoms with Crippen LogP contribution in [0.1, 0.15) is 33.1 Å². The molecule has 3 atom stereocenters. The molecule has 64 valence electrons. The molecular weight excluding hydrogens is 134 g/mol. The van der Waals surface area contributed by atoms with Gasteiger partial charge in [-0.15, -0.1) is 0 Å². The lowest BCUT2D eigenvalue weighted by Crippen LogP contribution is -2.62. The van der Waals surface area contributed by atoms with Gasteiger partial charge in [0, 0.05) is 5.92 Å². The first-order chi connectivity index (χ1) is 5.16. The van der Waals surface area contributed by atoms with Gasteiger partial charge in [-0.25, -0.2) is 0 Å². The summed E-state index contributed by atoms with van der Waals surface area (Å²) in [5.74, 6) is 3.02. The fourth-order valence-corrected chi connectivity index (χ4v) is 3.31. The maximum atomic E-state index is 4.05. The summed E-state index contributed by atoms with van der Waals surface area (Å²) in [4.78, 5) is 0. The van der Waals surface area contributed by atoms with Gasteiger partial charge in [0.15, 0.2) is 0 Å². The largest absolute Gasteiger partial charge is 0.357 e. The highest BCUT2D eigenvalue weighted by atomic mass is 14.6. The molecule has 0 aromatic rings. The van der Waals surface area contributed by atoms with Crippen LogP contribution in [0.3, 0.4) is 0 Å². The number of fused-ring (bicyclic) bond motifs is 2. The Bertz CT molecular complexity index is 160. The van der Waals surface area contributed by atoms with Crippen LogP contribution >= 0.6 is 0 Å². The van der Waals surface area contributed by atoms with E-state index in [-0.39, 0.29) is 0 Å². The molecule has 0 amide bonds. The normalized spacial score (nSPS) is 46.6. The van der Waals surface area contributed by atoms with E-state index in [1.54, 1.807) is 0 Å². The van der Waals surface area contributed by atoms with Gasteiger partial charge in [-0.1, -0.05) is 13.8 Å². The molecule has 1 heteroatoms. The monoisotopic (exact) mass is 154 g/mol.